The smallest absolute Gasteiger partial charge is 0.326 e. The Morgan fingerprint density at radius 3 is 2.40 bits per heavy atom. The summed E-state index contributed by atoms with van der Waals surface area (Å²) in [6.45, 7) is 7.41. The van der Waals surface area contributed by atoms with Gasteiger partial charge in [-0.1, -0.05) is 20.8 Å². The maximum Gasteiger partial charge on any atom is 0.326 e. The number of nitrogens with one attached hydrogen (secondary N) is 1. The predicted molar refractivity (Wildman–Crippen MR) is 74.3 cm³/mol. The van der Waals surface area contributed by atoms with Crippen LogP contribution in [0, 0.1) is 12.3 Å². The summed E-state index contributed by atoms with van der Waals surface area (Å²) in [5.41, 5.74) is -0.566. The molecule has 1 atom stereocenters. The van der Waals surface area contributed by atoms with Gasteiger partial charge < -0.3 is 19.7 Å². The molecule has 112 valence electrons. The molecule has 6 heteroatoms. The van der Waals surface area contributed by atoms with Crippen LogP contribution in [0.25, 0.3) is 0 Å². The standard InChI is InChI=1S/C14H22N2O4/c1-9-6-7-10(20-9)8-16(5)13(19)15-11(12(17)18)14(2,3)4/h6-7,11H,8H2,1-5H3,(H,15,19)(H,17,18)/t11-/m1/s1. The number of aryl methyl sites for hydroxylation is 1. The molecule has 0 saturated heterocycles. The van der Waals surface area contributed by atoms with Crippen molar-refractivity contribution in [3.63, 3.8) is 0 Å². The maximum atomic E-state index is 12.0. The molecule has 6 nitrogen and oxygen atoms in total. The van der Waals surface area contributed by atoms with E-state index in [9.17, 15) is 14.7 Å². The van der Waals surface area contributed by atoms with Crippen molar-refractivity contribution in [2.24, 2.45) is 5.41 Å². The summed E-state index contributed by atoms with van der Waals surface area (Å²) < 4.78 is 5.39. The van der Waals surface area contributed by atoms with Crippen LogP contribution in [0.4, 0.5) is 4.79 Å². The number of nitrogens with zero attached hydrogens (tertiary/aromatic N) is 1. The maximum absolute atomic E-state index is 12.0. The number of hydrogen-bond acceptors (Lipinski definition) is 3. The zero-order valence-corrected chi connectivity index (χ0v) is 12.6. The van der Waals surface area contributed by atoms with Gasteiger partial charge in [0.05, 0.1) is 6.54 Å². The number of carbonyl (C=O) groups excluding carboxylic acids is 1. The van der Waals surface area contributed by atoms with E-state index in [1.165, 1.54) is 4.90 Å². The number of rotatable bonds is 4. The van der Waals surface area contributed by atoms with E-state index >= 15 is 0 Å². The molecular weight excluding hydrogens is 260 g/mol. The third-order valence-corrected chi connectivity index (χ3v) is 2.92. The van der Waals surface area contributed by atoms with Crippen molar-refractivity contribution in [2.75, 3.05) is 7.05 Å². The summed E-state index contributed by atoms with van der Waals surface area (Å²) in [6, 6.07) is 2.21. The van der Waals surface area contributed by atoms with Gasteiger partial charge in [0.15, 0.2) is 0 Å². The number of furan rings is 1. The van der Waals surface area contributed by atoms with Gasteiger partial charge in [-0.05, 0) is 24.5 Å². The van der Waals surface area contributed by atoms with Crippen LogP contribution < -0.4 is 5.32 Å². The number of carbonyl (C=O) groups is 2. The lowest BCUT2D eigenvalue weighted by molar-refractivity contribution is -0.142. The first-order valence-corrected chi connectivity index (χ1v) is 6.41. The van der Waals surface area contributed by atoms with Gasteiger partial charge in [0.25, 0.3) is 0 Å². The summed E-state index contributed by atoms with van der Waals surface area (Å²) in [4.78, 5) is 24.6. The number of aliphatic carboxylic acids is 1. The van der Waals surface area contributed by atoms with Gasteiger partial charge in [-0.2, -0.15) is 0 Å². The van der Waals surface area contributed by atoms with Crippen molar-refractivity contribution in [3.8, 4) is 0 Å². The predicted octanol–water partition coefficient (Wildman–Crippen LogP) is 2.23. The zero-order valence-electron chi connectivity index (χ0n) is 12.6. The zero-order chi connectivity index (χ0) is 15.5. The van der Waals surface area contributed by atoms with Gasteiger partial charge in [0.1, 0.15) is 17.6 Å². The lowest BCUT2D eigenvalue weighted by atomic mass is 9.87. The third-order valence-electron chi connectivity index (χ3n) is 2.92. The molecule has 0 bridgehead atoms. The number of carboxylic acids is 1. The van der Waals surface area contributed by atoms with Crippen LogP contribution in [0.3, 0.4) is 0 Å². The van der Waals surface area contributed by atoms with Gasteiger partial charge in [0, 0.05) is 7.05 Å². The summed E-state index contributed by atoms with van der Waals surface area (Å²) in [5.74, 6) is 0.378. The van der Waals surface area contributed by atoms with Gasteiger partial charge >= 0.3 is 12.0 Å². The van der Waals surface area contributed by atoms with E-state index in [1.54, 1.807) is 33.9 Å². The Kier molecular flexibility index (Phi) is 4.81. The van der Waals surface area contributed by atoms with Gasteiger partial charge in [-0.25, -0.2) is 9.59 Å². The topological polar surface area (TPSA) is 82.8 Å². The van der Waals surface area contributed by atoms with Crippen molar-refractivity contribution in [1.82, 2.24) is 10.2 Å². The first-order valence-electron chi connectivity index (χ1n) is 6.41. The quantitative estimate of drug-likeness (QED) is 0.887. The molecule has 1 rings (SSSR count). The average Bonchev–Trinajstić information content (AvgIpc) is 2.69. The fourth-order valence-corrected chi connectivity index (χ4v) is 1.76. The summed E-state index contributed by atoms with van der Waals surface area (Å²) in [5, 5.41) is 11.7. The molecule has 0 aliphatic carbocycles. The van der Waals surface area contributed by atoms with Crippen molar-refractivity contribution in [3.05, 3.63) is 23.7 Å². The molecule has 2 amide bonds. The molecule has 0 aliphatic heterocycles. The van der Waals surface area contributed by atoms with Gasteiger partial charge in [0.2, 0.25) is 0 Å². The molecule has 0 saturated carbocycles. The Bertz CT molecular complexity index is 488. The lowest BCUT2D eigenvalue weighted by Crippen LogP contribution is -2.52. The molecule has 0 spiro atoms. The molecule has 1 aromatic heterocycles. The van der Waals surface area contributed by atoms with Crippen LogP contribution >= 0.6 is 0 Å². The summed E-state index contributed by atoms with van der Waals surface area (Å²) in [6.07, 6.45) is 0. The summed E-state index contributed by atoms with van der Waals surface area (Å²) in [7, 11) is 1.59. The minimum absolute atomic E-state index is 0.288. The Morgan fingerprint density at radius 1 is 1.40 bits per heavy atom. The van der Waals surface area contributed by atoms with E-state index in [-0.39, 0.29) is 6.54 Å². The highest BCUT2D eigenvalue weighted by Gasteiger charge is 2.33. The van der Waals surface area contributed by atoms with Gasteiger partial charge in [-0.3, -0.25) is 0 Å². The molecular formula is C14H22N2O4. The molecule has 0 radical (unpaired) electrons. The molecule has 1 heterocycles. The normalized spacial score (nSPS) is 12.8. The van der Waals surface area contributed by atoms with E-state index in [4.69, 9.17) is 4.42 Å². The fourth-order valence-electron chi connectivity index (χ4n) is 1.76. The van der Waals surface area contributed by atoms with Crippen LogP contribution in [0.15, 0.2) is 16.5 Å². The fraction of sp³-hybridized carbons (Fsp3) is 0.571. The van der Waals surface area contributed by atoms with E-state index in [0.717, 1.165) is 5.76 Å². The molecule has 20 heavy (non-hydrogen) atoms. The molecule has 0 aromatic carbocycles. The second kappa shape index (κ2) is 5.98. The van der Waals surface area contributed by atoms with E-state index < -0.39 is 23.5 Å². The minimum atomic E-state index is -1.05. The van der Waals surface area contributed by atoms with Crippen molar-refractivity contribution in [2.45, 2.75) is 40.3 Å². The van der Waals surface area contributed by atoms with E-state index in [2.05, 4.69) is 5.32 Å². The van der Waals surface area contributed by atoms with Crippen LogP contribution in [-0.4, -0.2) is 35.1 Å². The number of hydrogen-bond donors (Lipinski definition) is 2. The van der Waals surface area contributed by atoms with Crippen molar-refractivity contribution < 1.29 is 19.1 Å². The third kappa shape index (κ3) is 4.29. The second-order valence-electron chi connectivity index (χ2n) is 5.96. The number of amides is 2. The Morgan fingerprint density at radius 2 is 2.00 bits per heavy atom. The number of carboxylic acid groups (broad SMARTS) is 1. The first kappa shape index (κ1) is 16.1. The number of urea groups is 1. The van der Waals surface area contributed by atoms with Crippen LogP contribution in [-0.2, 0) is 11.3 Å². The van der Waals surface area contributed by atoms with E-state index in [1.807, 2.05) is 13.0 Å². The molecule has 0 aliphatic rings. The molecule has 0 unspecified atom stereocenters. The monoisotopic (exact) mass is 282 g/mol. The molecule has 1 aromatic rings. The largest absolute Gasteiger partial charge is 0.480 e. The highest BCUT2D eigenvalue weighted by molar-refractivity contribution is 5.83. The Labute approximate surface area is 118 Å². The van der Waals surface area contributed by atoms with Crippen LogP contribution in [0.2, 0.25) is 0 Å². The second-order valence-corrected chi connectivity index (χ2v) is 5.96. The van der Waals surface area contributed by atoms with Crippen molar-refractivity contribution in [1.29, 1.82) is 0 Å². The van der Waals surface area contributed by atoms with E-state index in [0.29, 0.717) is 5.76 Å². The van der Waals surface area contributed by atoms with Crippen LogP contribution in [0.1, 0.15) is 32.3 Å². The highest BCUT2D eigenvalue weighted by Crippen LogP contribution is 2.19. The first-order chi connectivity index (χ1) is 9.11. The Balaban J connectivity index is 2.67. The molecule has 0 fully saturated rings. The van der Waals surface area contributed by atoms with Gasteiger partial charge in [-0.15, -0.1) is 0 Å². The molecule has 2 N–H and O–H groups in total. The highest BCUT2D eigenvalue weighted by atomic mass is 16.4. The summed E-state index contributed by atoms with van der Waals surface area (Å²) >= 11 is 0. The lowest BCUT2D eigenvalue weighted by Gasteiger charge is -2.29. The van der Waals surface area contributed by atoms with Crippen molar-refractivity contribution >= 4 is 12.0 Å². The average molecular weight is 282 g/mol. The van der Waals surface area contributed by atoms with Crippen LogP contribution in [0.5, 0.6) is 0 Å². The minimum Gasteiger partial charge on any atom is -0.480 e. The Hall–Kier alpha value is -1.98. The SMILES string of the molecule is Cc1ccc(CN(C)C(=O)N[C@H](C(=O)O)C(C)(C)C)o1.